The average Bonchev–Trinajstić information content (AvgIpc) is 2.56. The molecule has 0 radical (unpaired) electrons. The minimum Gasteiger partial charge on any atom is -0.269 e. The molecule has 22 heavy (non-hydrogen) atoms. The molecule has 1 aromatic carbocycles. The van der Waals surface area contributed by atoms with Gasteiger partial charge < -0.3 is 0 Å². The first-order valence-corrected chi connectivity index (χ1v) is 7.23. The number of para-hydroxylation sites is 1. The summed E-state index contributed by atoms with van der Waals surface area (Å²) < 4.78 is 1.65. The molecule has 0 saturated carbocycles. The summed E-state index contributed by atoms with van der Waals surface area (Å²) in [6.45, 7) is 0. The zero-order valence-electron chi connectivity index (χ0n) is 12.1. The molecule has 3 rings (SSSR count). The molecule has 2 aromatic heterocycles. The van der Waals surface area contributed by atoms with Crippen molar-refractivity contribution in [1.29, 1.82) is 5.26 Å². The number of unbranched alkanes of at least 4 members (excludes halogenated alkanes) is 1. The lowest BCUT2D eigenvalue weighted by molar-refractivity contribution is 0.828. The highest BCUT2D eigenvalue weighted by atomic mass is 16.1. The van der Waals surface area contributed by atoms with E-state index in [2.05, 4.69) is 11.1 Å². The molecule has 0 bridgehead atoms. The number of pyridine rings is 2. The van der Waals surface area contributed by atoms with Gasteiger partial charge >= 0.3 is 0 Å². The van der Waals surface area contributed by atoms with Crippen molar-refractivity contribution in [3.05, 3.63) is 70.6 Å². The lowest BCUT2D eigenvalue weighted by Gasteiger charge is -2.11. The topological polar surface area (TPSA) is 58.7 Å². The average molecular weight is 289 g/mol. The molecule has 0 saturated heterocycles. The first-order chi connectivity index (χ1) is 10.8. The summed E-state index contributed by atoms with van der Waals surface area (Å²) in [5.74, 6) is 0. The van der Waals surface area contributed by atoms with Gasteiger partial charge in [-0.15, -0.1) is 0 Å². The van der Waals surface area contributed by atoms with Gasteiger partial charge in [0.05, 0.1) is 11.8 Å². The summed E-state index contributed by atoms with van der Waals surface area (Å²) >= 11 is 0. The highest BCUT2D eigenvalue weighted by Crippen LogP contribution is 2.16. The van der Waals surface area contributed by atoms with Crippen molar-refractivity contribution in [3.63, 3.8) is 0 Å². The fourth-order valence-electron chi connectivity index (χ4n) is 2.55. The second-order valence-electron chi connectivity index (χ2n) is 5.07. The van der Waals surface area contributed by atoms with E-state index in [1.807, 2.05) is 48.5 Å². The Labute approximate surface area is 128 Å². The molecule has 0 atom stereocenters. The predicted octanol–water partition coefficient (Wildman–Crippen LogP) is 3.23. The molecular weight excluding hydrogens is 274 g/mol. The highest BCUT2D eigenvalue weighted by molar-refractivity contribution is 5.77. The molecule has 0 aliphatic rings. The maximum atomic E-state index is 12.8. The Kier molecular flexibility index (Phi) is 3.97. The van der Waals surface area contributed by atoms with Gasteiger partial charge in [0.1, 0.15) is 5.65 Å². The molecule has 3 aromatic rings. The fraction of sp³-hybridized carbons (Fsp3) is 0.167. The number of fused-ring (bicyclic) bond motifs is 1. The van der Waals surface area contributed by atoms with E-state index in [4.69, 9.17) is 5.26 Å². The van der Waals surface area contributed by atoms with Crippen molar-refractivity contribution in [2.45, 2.75) is 19.3 Å². The Morgan fingerprint density at radius 3 is 2.73 bits per heavy atom. The molecule has 0 fully saturated rings. The van der Waals surface area contributed by atoms with Crippen molar-refractivity contribution in [2.24, 2.45) is 0 Å². The van der Waals surface area contributed by atoms with Crippen LogP contribution in [-0.2, 0) is 6.42 Å². The minimum absolute atomic E-state index is 0.0599. The number of nitrogens with zero attached hydrogens (tertiary/aromatic N) is 3. The third-order valence-corrected chi connectivity index (χ3v) is 3.59. The maximum Gasteiger partial charge on any atom is 0.259 e. The van der Waals surface area contributed by atoms with E-state index in [1.165, 1.54) is 0 Å². The van der Waals surface area contributed by atoms with Crippen LogP contribution in [0.5, 0.6) is 0 Å². The zero-order chi connectivity index (χ0) is 15.4. The minimum atomic E-state index is -0.0599. The smallest absolute Gasteiger partial charge is 0.259 e. The van der Waals surface area contributed by atoms with E-state index in [0.717, 1.165) is 16.6 Å². The monoisotopic (exact) mass is 289 g/mol. The van der Waals surface area contributed by atoms with Crippen molar-refractivity contribution in [3.8, 4) is 11.8 Å². The van der Waals surface area contributed by atoms with Crippen LogP contribution in [0.1, 0.15) is 18.4 Å². The molecule has 0 amide bonds. The molecule has 0 N–H and O–H groups in total. The standard InChI is InChI=1S/C18H15N3O/c19-11-5-4-7-15-13-14-8-6-12-20-17(14)21(18(15)22)16-9-2-1-3-10-16/h1-3,6,8-10,12-13H,4-5,7H2. The Hall–Kier alpha value is -2.93. The molecule has 4 nitrogen and oxygen atoms in total. The summed E-state index contributed by atoms with van der Waals surface area (Å²) in [4.78, 5) is 17.2. The van der Waals surface area contributed by atoms with Gasteiger partial charge in [-0.25, -0.2) is 4.98 Å². The number of hydrogen-bond acceptors (Lipinski definition) is 3. The van der Waals surface area contributed by atoms with Crippen molar-refractivity contribution < 1.29 is 0 Å². The van der Waals surface area contributed by atoms with Gasteiger partial charge in [0, 0.05) is 23.6 Å². The van der Waals surface area contributed by atoms with Gasteiger partial charge in [-0.3, -0.25) is 9.36 Å². The third-order valence-electron chi connectivity index (χ3n) is 3.59. The molecule has 108 valence electrons. The summed E-state index contributed by atoms with van der Waals surface area (Å²) in [5, 5.41) is 9.60. The lowest BCUT2D eigenvalue weighted by atomic mass is 10.1. The fourth-order valence-corrected chi connectivity index (χ4v) is 2.55. The van der Waals surface area contributed by atoms with Crippen molar-refractivity contribution in [1.82, 2.24) is 9.55 Å². The number of rotatable bonds is 4. The second kappa shape index (κ2) is 6.23. The largest absolute Gasteiger partial charge is 0.269 e. The lowest BCUT2D eigenvalue weighted by Crippen LogP contribution is -2.23. The maximum absolute atomic E-state index is 12.8. The Morgan fingerprint density at radius 1 is 1.14 bits per heavy atom. The number of nitriles is 1. The van der Waals surface area contributed by atoms with E-state index in [-0.39, 0.29) is 5.56 Å². The van der Waals surface area contributed by atoms with Crippen LogP contribution in [-0.4, -0.2) is 9.55 Å². The molecule has 0 aliphatic heterocycles. The molecule has 4 heteroatoms. The quantitative estimate of drug-likeness (QED) is 0.693. The van der Waals surface area contributed by atoms with Crippen LogP contribution in [0.4, 0.5) is 0 Å². The van der Waals surface area contributed by atoms with Crippen LogP contribution >= 0.6 is 0 Å². The number of benzene rings is 1. The van der Waals surface area contributed by atoms with Crippen LogP contribution in [0, 0.1) is 11.3 Å². The first kappa shape index (κ1) is 14.0. The van der Waals surface area contributed by atoms with Gasteiger partial charge in [0.25, 0.3) is 5.56 Å². The van der Waals surface area contributed by atoms with E-state index < -0.39 is 0 Å². The van der Waals surface area contributed by atoms with Crippen LogP contribution in [0.15, 0.2) is 59.5 Å². The van der Waals surface area contributed by atoms with Gasteiger partial charge in [0.15, 0.2) is 0 Å². The van der Waals surface area contributed by atoms with Crippen LogP contribution in [0.2, 0.25) is 0 Å². The second-order valence-corrected chi connectivity index (χ2v) is 5.07. The third kappa shape index (κ3) is 2.61. The molecular formula is C18H15N3O. The molecule has 0 unspecified atom stereocenters. The predicted molar refractivity (Wildman–Crippen MR) is 85.9 cm³/mol. The summed E-state index contributed by atoms with van der Waals surface area (Å²) in [6, 6.07) is 17.3. The zero-order valence-corrected chi connectivity index (χ0v) is 12.1. The van der Waals surface area contributed by atoms with Crippen molar-refractivity contribution >= 4 is 11.0 Å². The Morgan fingerprint density at radius 2 is 1.95 bits per heavy atom. The number of aromatic nitrogens is 2. The SMILES string of the molecule is N#CCCCc1cc2cccnc2n(-c2ccccc2)c1=O. The molecule has 0 spiro atoms. The highest BCUT2D eigenvalue weighted by Gasteiger charge is 2.11. The van der Waals surface area contributed by atoms with Gasteiger partial charge in [-0.1, -0.05) is 18.2 Å². The summed E-state index contributed by atoms with van der Waals surface area (Å²) in [6.07, 6.45) is 3.43. The van der Waals surface area contributed by atoms with Crippen LogP contribution in [0.3, 0.4) is 0 Å². The number of aryl methyl sites for hydroxylation is 1. The summed E-state index contributed by atoms with van der Waals surface area (Å²) in [7, 11) is 0. The molecule has 0 aliphatic carbocycles. The first-order valence-electron chi connectivity index (χ1n) is 7.23. The van der Waals surface area contributed by atoms with Crippen molar-refractivity contribution in [2.75, 3.05) is 0 Å². The van der Waals surface area contributed by atoms with E-state index in [0.29, 0.717) is 24.9 Å². The van der Waals surface area contributed by atoms with Gasteiger partial charge in [0.2, 0.25) is 0 Å². The summed E-state index contributed by atoms with van der Waals surface area (Å²) in [5.41, 5.74) is 2.12. The van der Waals surface area contributed by atoms with Crippen LogP contribution in [0.25, 0.3) is 16.7 Å². The number of hydrogen-bond donors (Lipinski definition) is 0. The Balaban J connectivity index is 2.22. The Bertz CT molecular complexity index is 892. The normalized spacial score (nSPS) is 10.5. The van der Waals surface area contributed by atoms with Crippen LogP contribution < -0.4 is 5.56 Å². The van der Waals surface area contributed by atoms with Gasteiger partial charge in [-0.2, -0.15) is 5.26 Å². The van der Waals surface area contributed by atoms with E-state index in [1.54, 1.807) is 10.8 Å². The van der Waals surface area contributed by atoms with Gasteiger partial charge in [-0.05, 0) is 43.2 Å². The van der Waals surface area contributed by atoms with E-state index in [9.17, 15) is 4.79 Å². The van der Waals surface area contributed by atoms with E-state index >= 15 is 0 Å². The molecule has 2 heterocycles.